The van der Waals surface area contributed by atoms with Crippen molar-refractivity contribution in [3.05, 3.63) is 76.1 Å². The van der Waals surface area contributed by atoms with Crippen LogP contribution in [0, 0.1) is 11.3 Å². The summed E-state index contributed by atoms with van der Waals surface area (Å²) in [6, 6.07) is 15.4. The minimum Gasteiger partial charge on any atom is -0.491 e. The molecule has 3 aromatic rings. The van der Waals surface area contributed by atoms with E-state index >= 15 is 0 Å². The van der Waals surface area contributed by atoms with Crippen LogP contribution in [0.15, 0.2) is 48.7 Å². The smallest absolute Gasteiger partial charge is 0.235 e. The van der Waals surface area contributed by atoms with Crippen LogP contribution >= 0.6 is 11.6 Å². The molecule has 3 N–H and O–H groups in total. The standard InChI is InChI=1S/C26H30ClN5O3S.2C2H6/c1-4-12-34-24-18(16-29)14-20(15-23(24)27)26(2,3)19-5-7-22(8-6-19)35-17-21-9-11-30-25(31-21)32-36(33)13-10-28;2*1-2/h5-9,11,14-15H,4,10,12-13,17,28H2,1-3H3,(H,30,31,32);2*1-2H3. The van der Waals surface area contributed by atoms with Crippen molar-refractivity contribution >= 4 is 28.5 Å². The second-order valence-corrected chi connectivity index (χ2v) is 10.3. The number of hydrogen-bond donors (Lipinski definition) is 2. The Morgan fingerprint density at radius 1 is 1.07 bits per heavy atom. The van der Waals surface area contributed by atoms with Crippen LogP contribution in [-0.2, 0) is 23.0 Å². The topological polar surface area (TPSA) is 123 Å². The highest BCUT2D eigenvalue weighted by Crippen LogP contribution is 2.38. The predicted molar refractivity (Wildman–Crippen MR) is 165 cm³/mol. The van der Waals surface area contributed by atoms with Crippen molar-refractivity contribution < 1.29 is 13.7 Å². The highest BCUT2D eigenvalue weighted by molar-refractivity contribution is 7.86. The lowest BCUT2D eigenvalue weighted by Crippen LogP contribution is -2.19. The van der Waals surface area contributed by atoms with E-state index in [2.05, 4.69) is 34.6 Å². The van der Waals surface area contributed by atoms with E-state index in [-0.39, 0.29) is 12.6 Å². The summed E-state index contributed by atoms with van der Waals surface area (Å²) in [4.78, 5) is 8.40. The van der Waals surface area contributed by atoms with Gasteiger partial charge in [-0.05, 0) is 47.9 Å². The van der Waals surface area contributed by atoms with Crippen LogP contribution < -0.4 is 19.9 Å². The molecule has 0 aliphatic heterocycles. The van der Waals surface area contributed by atoms with Crippen LogP contribution in [0.2, 0.25) is 5.02 Å². The van der Waals surface area contributed by atoms with Gasteiger partial charge in [-0.2, -0.15) is 5.26 Å². The second kappa shape index (κ2) is 18.2. The molecule has 218 valence electrons. The van der Waals surface area contributed by atoms with Crippen molar-refractivity contribution in [3.8, 4) is 17.6 Å². The molecule has 10 heteroatoms. The molecule has 1 unspecified atom stereocenters. The van der Waals surface area contributed by atoms with E-state index in [0.717, 1.165) is 17.5 Å². The Bertz CT molecular complexity index is 1250. The van der Waals surface area contributed by atoms with Gasteiger partial charge in [-0.15, -0.1) is 0 Å². The maximum absolute atomic E-state index is 11.8. The lowest BCUT2D eigenvalue weighted by atomic mass is 9.77. The van der Waals surface area contributed by atoms with Crippen LogP contribution in [0.1, 0.15) is 77.3 Å². The van der Waals surface area contributed by atoms with Crippen molar-refractivity contribution in [3.63, 3.8) is 0 Å². The Morgan fingerprint density at radius 3 is 2.35 bits per heavy atom. The monoisotopic (exact) mass is 587 g/mol. The Morgan fingerprint density at radius 2 is 1.75 bits per heavy atom. The number of aromatic nitrogens is 2. The van der Waals surface area contributed by atoms with Crippen molar-refractivity contribution in [1.29, 1.82) is 5.26 Å². The molecule has 1 atom stereocenters. The predicted octanol–water partition coefficient (Wildman–Crippen LogP) is 6.78. The number of rotatable bonds is 12. The molecule has 0 aliphatic rings. The van der Waals surface area contributed by atoms with Crippen LogP contribution in [-0.4, -0.2) is 33.1 Å². The molecule has 0 spiro atoms. The van der Waals surface area contributed by atoms with Crippen molar-refractivity contribution in [1.82, 2.24) is 9.97 Å². The van der Waals surface area contributed by atoms with E-state index in [4.69, 9.17) is 26.8 Å². The zero-order valence-electron chi connectivity index (χ0n) is 24.6. The molecule has 0 amide bonds. The Balaban J connectivity index is 0.00000191. The molecule has 0 bridgehead atoms. The molecule has 3 rings (SSSR count). The second-order valence-electron chi connectivity index (χ2n) is 8.55. The molecule has 0 fully saturated rings. The van der Waals surface area contributed by atoms with Gasteiger partial charge in [0.2, 0.25) is 5.95 Å². The highest BCUT2D eigenvalue weighted by Gasteiger charge is 2.26. The summed E-state index contributed by atoms with van der Waals surface area (Å²) < 4.78 is 26.1. The van der Waals surface area contributed by atoms with Gasteiger partial charge in [-0.25, -0.2) is 14.2 Å². The minimum absolute atomic E-state index is 0.226. The molecule has 0 saturated heterocycles. The van der Waals surface area contributed by atoms with Gasteiger partial charge in [0, 0.05) is 18.2 Å². The first-order valence-corrected chi connectivity index (χ1v) is 15.3. The van der Waals surface area contributed by atoms with E-state index in [1.807, 2.05) is 71.0 Å². The van der Waals surface area contributed by atoms with Gasteiger partial charge in [0.15, 0.2) is 5.75 Å². The number of hydrogen-bond acceptors (Lipinski definition) is 7. The number of ether oxygens (including phenoxy) is 2. The van der Waals surface area contributed by atoms with Crippen LogP contribution in [0.4, 0.5) is 5.95 Å². The van der Waals surface area contributed by atoms with Crippen molar-refractivity contribution in [2.75, 3.05) is 23.6 Å². The average molecular weight is 588 g/mol. The third-order valence-corrected chi connectivity index (χ3v) is 6.82. The van der Waals surface area contributed by atoms with Gasteiger partial charge in [0.1, 0.15) is 29.4 Å². The lowest BCUT2D eigenvalue weighted by Gasteiger charge is -2.27. The Hall–Kier alpha value is -3.19. The molecule has 8 nitrogen and oxygen atoms in total. The van der Waals surface area contributed by atoms with Gasteiger partial charge < -0.3 is 15.2 Å². The van der Waals surface area contributed by atoms with E-state index in [9.17, 15) is 9.47 Å². The first-order chi connectivity index (χ1) is 19.3. The van der Waals surface area contributed by atoms with E-state index in [1.165, 1.54) is 0 Å². The zero-order chi connectivity index (χ0) is 30.1. The maximum Gasteiger partial charge on any atom is 0.235 e. The lowest BCUT2D eigenvalue weighted by molar-refractivity contribution is 0.301. The normalized spacial score (nSPS) is 11.1. The first-order valence-electron chi connectivity index (χ1n) is 13.6. The number of benzene rings is 2. The van der Waals surface area contributed by atoms with Gasteiger partial charge in [-0.1, -0.05) is 72.2 Å². The summed E-state index contributed by atoms with van der Waals surface area (Å²) in [6.45, 7) is 15.2. The summed E-state index contributed by atoms with van der Waals surface area (Å²) in [5.41, 5.74) is 8.02. The number of nitriles is 1. The molecule has 0 radical (unpaired) electrons. The summed E-state index contributed by atoms with van der Waals surface area (Å²) in [5.74, 6) is 1.68. The van der Waals surface area contributed by atoms with Crippen LogP contribution in [0.3, 0.4) is 0 Å². The van der Waals surface area contributed by atoms with Gasteiger partial charge in [0.05, 0.1) is 28.6 Å². The van der Waals surface area contributed by atoms with Crippen LogP contribution in [0.5, 0.6) is 11.5 Å². The fourth-order valence-corrected chi connectivity index (χ4v) is 4.36. The van der Waals surface area contributed by atoms with Gasteiger partial charge >= 0.3 is 0 Å². The fourth-order valence-electron chi connectivity index (χ4n) is 3.47. The fraction of sp³-hybridized carbons (Fsp3) is 0.433. The molecule has 40 heavy (non-hydrogen) atoms. The van der Waals surface area contributed by atoms with E-state index in [0.29, 0.717) is 46.7 Å². The van der Waals surface area contributed by atoms with Crippen molar-refractivity contribution in [2.45, 2.75) is 66.9 Å². The Kier molecular flexibility index (Phi) is 15.9. The quantitative estimate of drug-likeness (QED) is 0.239. The van der Waals surface area contributed by atoms with E-state index in [1.54, 1.807) is 12.3 Å². The first kappa shape index (κ1) is 34.8. The third kappa shape index (κ3) is 10.1. The van der Waals surface area contributed by atoms with Gasteiger partial charge in [0.25, 0.3) is 0 Å². The minimum atomic E-state index is -1.33. The Labute approximate surface area is 246 Å². The summed E-state index contributed by atoms with van der Waals surface area (Å²) >= 11 is 6.49. The number of nitrogens with one attached hydrogen (secondary N) is 1. The van der Waals surface area contributed by atoms with E-state index < -0.39 is 16.4 Å². The molecular formula is C30H42ClN5O3S. The molecular weight excluding hydrogens is 546 g/mol. The SMILES string of the molecule is CC.CC.CCCOc1c(Cl)cc(C(C)(C)c2ccc(OCc3ccnc(NS(=O)CCN)n3)cc2)cc1C#N. The number of anilines is 1. The maximum atomic E-state index is 11.8. The molecule has 2 aromatic carbocycles. The third-order valence-electron chi connectivity index (χ3n) is 5.52. The number of nitrogens with zero attached hydrogens (tertiary/aromatic N) is 3. The largest absolute Gasteiger partial charge is 0.491 e. The molecule has 0 aliphatic carbocycles. The van der Waals surface area contributed by atoms with Crippen LogP contribution in [0.25, 0.3) is 0 Å². The average Bonchev–Trinajstić information content (AvgIpc) is 2.97. The highest BCUT2D eigenvalue weighted by atomic mass is 35.5. The van der Waals surface area contributed by atoms with Crippen molar-refractivity contribution in [2.24, 2.45) is 5.73 Å². The summed E-state index contributed by atoms with van der Waals surface area (Å²) in [6.07, 6.45) is 2.41. The molecule has 1 heterocycles. The summed E-state index contributed by atoms with van der Waals surface area (Å²) in [5, 5.41) is 10.1. The number of halogens is 1. The molecule has 1 aromatic heterocycles. The molecule has 0 saturated carbocycles. The number of nitrogens with two attached hydrogens (primary N) is 1. The summed E-state index contributed by atoms with van der Waals surface area (Å²) in [7, 11) is -1.33. The zero-order valence-corrected chi connectivity index (χ0v) is 26.2. The van der Waals surface area contributed by atoms with Gasteiger partial charge in [-0.3, -0.25) is 4.72 Å².